The molecule has 0 unspecified atom stereocenters. The first-order chi connectivity index (χ1) is 18.0. The second-order valence-electron chi connectivity index (χ2n) is 12.7. The second-order valence-corrected chi connectivity index (χ2v) is 34.6. The maximum absolute atomic E-state index is 13.8. The fourth-order valence-electron chi connectivity index (χ4n) is 5.39. The van der Waals surface area contributed by atoms with Crippen molar-refractivity contribution in [3.05, 3.63) is 11.1 Å². The van der Waals surface area contributed by atoms with E-state index >= 15 is 0 Å². The third kappa shape index (κ3) is 16.5. The number of hydrogen-bond acceptors (Lipinski definition) is 4. The van der Waals surface area contributed by atoms with E-state index in [2.05, 4.69) is 69.2 Å². The van der Waals surface area contributed by atoms with E-state index < -0.39 is 40.3 Å². The Bertz CT molecular complexity index is 598. The van der Waals surface area contributed by atoms with Crippen molar-refractivity contribution in [3.63, 3.8) is 0 Å². The molecule has 38 heavy (non-hydrogen) atoms. The van der Waals surface area contributed by atoms with Gasteiger partial charge in [0.2, 0.25) is 0 Å². The summed E-state index contributed by atoms with van der Waals surface area (Å²) in [4.78, 5) is 27.6. The van der Waals surface area contributed by atoms with Crippen LogP contribution in [0.3, 0.4) is 0 Å². The van der Waals surface area contributed by atoms with Gasteiger partial charge in [0.25, 0.3) is 0 Å². The molecule has 0 saturated carbocycles. The quantitative estimate of drug-likeness (QED) is 0.0629. The summed E-state index contributed by atoms with van der Waals surface area (Å²) < 4.78 is 14.4. The third-order valence-corrected chi connectivity index (χ3v) is 25.3. The van der Waals surface area contributed by atoms with Gasteiger partial charge >= 0.3 is 254 Å². The molecule has 0 aliphatic rings. The first-order valence-corrected chi connectivity index (χ1v) is 26.4. The Labute approximate surface area is 252 Å². The van der Waals surface area contributed by atoms with Gasteiger partial charge in [-0.2, -0.15) is 0 Å². The topological polar surface area (TPSA) is 52.6 Å². The number of hydrogen-bond donors (Lipinski definition) is 0. The van der Waals surface area contributed by atoms with Crippen LogP contribution >= 0.6 is 0 Å². The van der Waals surface area contributed by atoms with E-state index in [4.69, 9.17) is 6.15 Å². The maximum atomic E-state index is 13.8. The molecule has 224 valence electrons. The molecule has 0 aromatic rings. The van der Waals surface area contributed by atoms with E-state index in [0.717, 1.165) is 25.7 Å². The molecule has 0 atom stereocenters. The van der Waals surface area contributed by atoms with Crippen LogP contribution in [0, 0.1) is 0 Å². The first kappa shape index (κ1) is 38.3. The van der Waals surface area contributed by atoms with Crippen LogP contribution in [0.5, 0.6) is 0 Å². The van der Waals surface area contributed by atoms with Gasteiger partial charge < -0.3 is 0 Å². The molecular weight excluding hydrogens is 686 g/mol. The molecule has 0 spiro atoms. The van der Waals surface area contributed by atoms with Crippen molar-refractivity contribution in [3.8, 4) is 0 Å². The molecule has 6 heteroatoms. The van der Waals surface area contributed by atoms with Crippen molar-refractivity contribution in [1.82, 2.24) is 0 Å². The summed E-state index contributed by atoms with van der Waals surface area (Å²) in [5, 5.41) is 0. The molecule has 0 N–H and O–H groups in total. The van der Waals surface area contributed by atoms with Crippen LogP contribution in [0.2, 0.25) is 15.7 Å². The molecule has 0 bridgehead atoms. The van der Waals surface area contributed by atoms with Crippen LogP contribution < -0.4 is 0 Å². The molecule has 0 heterocycles. The van der Waals surface area contributed by atoms with Crippen molar-refractivity contribution < 1.29 is 15.7 Å². The molecule has 0 saturated heterocycles. The van der Waals surface area contributed by atoms with Crippen molar-refractivity contribution in [1.29, 1.82) is 0 Å². The molecule has 0 fully saturated rings. The van der Waals surface area contributed by atoms with E-state index in [9.17, 15) is 9.59 Å². The summed E-state index contributed by atoms with van der Waals surface area (Å²) in [6.45, 7) is 22.0. The van der Waals surface area contributed by atoms with E-state index in [1.807, 2.05) is 0 Å². The zero-order valence-corrected chi connectivity index (χ0v) is 33.6. The van der Waals surface area contributed by atoms with Crippen molar-refractivity contribution in [2.24, 2.45) is 0 Å². The van der Waals surface area contributed by atoms with Crippen LogP contribution in [0.15, 0.2) is 11.1 Å². The number of carbonyl (C=O) groups excluding carboxylic acids is 2. The van der Waals surface area contributed by atoms with Gasteiger partial charge in [0.15, 0.2) is 0 Å². The normalized spacial score (nSPS) is 12.8. The van der Waals surface area contributed by atoms with Crippen LogP contribution in [0.25, 0.3) is 0 Å². The predicted molar refractivity (Wildman–Crippen MR) is 170 cm³/mol. The van der Waals surface area contributed by atoms with Crippen molar-refractivity contribution >= 4 is 52.3 Å². The Kier molecular flexibility index (Phi) is 23.1. The molecule has 0 rings (SSSR count). The Morgan fingerprint density at radius 3 is 1.00 bits per heavy atom. The number of unbranched alkanes of at least 4 members (excludes halogenated alkanes) is 10. The fourth-order valence-corrected chi connectivity index (χ4v) is 19.5. The van der Waals surface area contributed by atoms with Crippen molar-refractivity contribution in [2.75, 3.05) is 0 Å². The van der Waals surface area contributed by atoms with Gasteiger partial charge in [0.05, 0.1) is 0 Å². The summed E-state index contributed by atoms with van der Waals surface area (Å²) in [5.41, 5.74) is 1.30. The average molecular weight is 750 g/mol. The molecule has 4 nitrogen and oxygen atoms in total. The standard InChI is InChI=1S/C20H36O4.4C3H7.2Sn.2H/c1-3-5-7-9-11-13-15-17(19(21)22)18(20(23)24)16-14-12-10-8-6-4-2;4*1-3-2;;;;/h3-16H2,1-2H3,(H,21,22)(H,23,24);4*3H,1-2H3;;;;/q;;;;;2*+1;;/p-2/b18-17-;;;;;;;;. The Balaban J connectivity index is 6.10. The van der Waals surface area contributed by atoms with Crippen LogP contribution in [-0.2, 0) is 15.7 Å². The van der Waals surface area contributed by atoms with Gasteiger partial charge in [-0.15, -0.1) is 0 Å². The van der Waals surface area contributed by atoms with Gasteiger partial charge in [-0.05, 0) is 0 Å². The van der Waals surface area contributed by atoms with Gasteiger partial charge in [-0.3, -0.25) is 0 Å². The minimum absolute atomic E-state index is 0.194. The van der Waals surface area contributed by atoms with Crippen LogP contribution in [0.4, 0.5) is 0 Å². The fraction of sp³-hybridized carbons (Fsp3) is 0.875. The molecular formula is C32H64O4Sn2. The Morgan fingerprint density at radius 2 is 0.737 bits per heavy atom. The van der Waals surface area contributed by atoms with Gasteiger partial charge in [0, 0.05) is 0 Å². The SMILES string of the molecule is CCCCCCCC/C(C(=O)[O][SnH]([CH](C)C)[CH](C)C)=C(\CCCCCCCC)C(=O)[O][SnH]([CH](C)C)[CH](C)C. The van der Waals surface area contributed by atoms with Crippen LogP contribution in [0.1, 0.15) is 159 Å². The average Bonchev–Trinajstić information content (AvgIpc) is 2.84. The monoisotopic (exact) mass is 752 g/mol. The van der Waals surface area contributed by atoms with E-state index in [1.54, 1.807) is 0 Å². The molecule has 0 aliphatic carbocycles. The number of carbonyl (C=O) groups is 2. The van der Waals surface area contributed by atoms with Crippen molar-refractivity contribution in [2.45, 2.75) is 175 Å². The van der Waals surface area contributed by atoms with Gasteiger partial charge in [0.1, 0.15) is 0 Å². The van der Waals surface area contributed by atoms with Gasteiger partial charge in [-0.1, -0.05) is 0 Å². The molecule has 0 aliphatic heterocycles. The first-order valence-electron chi connectivity index (χ1n) is 16.1. The summed E-state index contributed by atoms with van der Waals surface area (Å²) in [5.74, 6) is -0.388. The van der Waals surface area contributed by atoms with Crippen LogP contribution in [-0.4, -0.2) is 52.3 Å². The summed E-state index contributed by atoms with van der Waals surface area (Å²) in [6, 6.07) is 0. The van der Waals surface area contributed by atoms with E-state index in [1.165, 1.54) is 51.4 Å². The second kappa shape index (κ2) is 22.9. The Hall–Kier alpha value is 0.277. The minimum atomic E-state index is -2.57. The van der Waals surface area contributed by atoms with E-state index in [0.29, 0.717) is 39.7 Å². The summed E-state index contributed by atoms with van der Waals surface area (Å²) >= 11 is -5.14. The summed E-state index contributed by atoms with van der Waals surface area (Å²) in [6.07, 6.45) is 15.2. The molecule has 0 aromatic carbocycles. The third-order valence-electron chi connectivity index (χ3n) is 7.53. The molecule has 0 aromatic heterocycles. The molecule has 0 radical (unpaired) electrons. The number of rotatable bonds is 22. The van der Waals surface area contributed by atoms with E-state index in [-0.39, 0.29) is 11.9 Å². The van der Waals surface area contributed by atoms with Gasteiger partial charge in [-0.25, -0.2) is 0 Å². The summed E-state index contributed by atoms with van der Waals surface area (Å²) in [7, 11) is 0. The Morgan fingerprint density at radius 1 is 0.474 bits per heavy atom. The zero-order chi connectivity index (χ0) is 29.1. The molecule has 0 amide bonds. The zero-order valence-electron chi connectivity index (χ0n) is 27.0. The predicted octanol–water partition coefficient (Wildman–Crippen LogP) is 9.96.